The second kappa shape index (κ2) is 9.20. The van der Waals surface area contributed by atoms with E-state index in [1.165, 1.54) is 0 Å². The Labute approximate surface area is 159 Å². The first kappa shape index (κ1) is 19.7. The molecule has 2 rings (SSSR count). The molecular weight excluding hydrogens is 348 g/mol. The standard InChI is InChI=1S/C20H24N2O3S/c1-4-14(3)15-8-9-18(23)17(11-15)21-20(26)22-19(24)12-25-16-7-5-6-13(2)10-16/h5-11,14,23H,4,12H2,1-3H3,(H2,21,22,24,26)/t14-/m0/s1. The number of benzene rings is 2. The van der Waals surface area contributed by atoms with Gasteiger partial charge in [-0.15, -0.1) is 0 Å². The van der Waals surface area contributed by atoms with Crippen LogP contribution in [-0.2, 0) is 4.79 Å². The fraction of sp³-hybridized carbons (Fsp3) is 0.300. The van der Waals surface area contributed by atoms with Gasteiger partial charge in [-0.1, -0.05) is 32.0 Å². The first-order chi connectivity index (χ1) is 12.4. The minimum Gasteiger partial charge on any atom is -0.506 e. The third-order valence-corrected chi connectivity index (χ3v) is 4.27. The van der Waals surface area contributed by atoms with Gasteiger partial charge in [-0.05, 0) is 66.9 Å². The second-order valence-corrected chi connectivity index (χ2v) is 6.60. The lowest BCUT2D eigenvalue weighted by atomic mass is 9.98. The maximum absolute atomic E-state index is 12.0. The van der Waals surface area contributed by atoms with Crippen LogP contribution in [0.2, 0.25) is 0 Å². The molecule has 0 aliphatic rings. The van der Waals surface area contributed by atoms with E-state index in [2.05, 4.69) is 24.5 Å². The molecule has 2 aromatic carbocycles. The summed E-state index contributed by atoms with van der Waals surface area (Å²) in [5, 5.41) is 15.5. The molecule has 0 spiro atoms. The van der Waals surface area contributed by atoms with E-state index in [4.69, 9.17) is 17.0 Å². The number of amides is 1. The Balaban J connectivity index is 1.90. The van der Waals surface area contributed by atoms with E-state index in [0.717, 1.165) is 17.5 Å². The summed E-state index contributed by atoms with van der Waals surface area (Å²) in [7, 11) is 0. The number of aromatic hydroxyl groups is 1. The molecule has 0 bridgehead atoms. The molecule has 26 heavy (non-hydrogen) atoms. The highest BCUT2D eigenvalue weighted by Crippen LogP contribution is 2.28. The number of rotatable bonds is 6. The molecule has 138 valence electrons. The van der Waals surface area contributed by atoms with Gasteiger partial charge >= 0.3 is 0 Å². The van der Waals surface area contributed by atoms with Crippen LogP contribution in [0, 0.1) is 6.92 Å². The van der Waals surface area contributed by atoms with Crippen LogP contribution >= 0.6 is 12.2 Å². The van der Waals surface area contributed by atoms with Gasteiger partial charge in [-0.2, -0.15) is 0 Å². The lowest BCUT2D eigenvalue weighted by molar-refractivity contribution is -0.121. The van der Waals surface area contributed by atoms with Gasteiger partial charge in [0.1, 0.15) is 11.5 Å². The first-order valence-electron chi connectivity index (χ1n) is 8.52. The monoisotopic (exact) mass is 372 g/mol. The van der Waals surface area contributed by atoms with E-state index < -0.39 is 0 Å². The topological polar surface area (TPSA) is 70.6 Å². The summed E-state index contributed by atoms with van der Waals surface area (Å²) in [5.41, 5.74) is 2.61. The van der Waals surface area contributed by atoms with E-state index >= 15 is 0 Å². The van der Waals surface area contributed by atoms with Crippen molar-refractivity contribution in [3.05, 3.63) is 53.6 Å². The first-order valence-corrected chi connectivity index (χ1v) is 8.93. The Kier molecular flexibility index (Phi) is 6.97. The summed E-state index contributed by atoms with van der Waals surface area (Å²) in [6, 6.07) is 12.8. The zero-order chi connectivity index (χ0) is 19.1. The van der Waals surface area contributed by atoms with Gasteiger partial charge < -0.3 is 15.2 Å². The number of carbonyl (C=O) groups excluding carboxylic acids is 1. The number of carbonyl (C=O) groups is 1. The van der Waals surface area contributed by atoms with Crippen LogP contribution < -0.4 is 15.4 Å². The van der Waals surface area contributed by atoms with Gasteiger partial charge in [0.25, 0.3) is 5.91 Å². The minimum atomic E-state index is -0.374. The van der Waals surface area contributed by atoms with Crippen LogP contribution in [-0.4, -0.2) is 22.7 Å². The molecule has 0 aliphatic carbocycles. The number of phenols is 1. The van der Waals surface area contributed by atoms with Crippen LogP contribution in [0.3, 0.4) is 0 Å². The Morgan fingerprint density at radius 2 is 2.04 bits per heavy atom. The highest BCUT2D eigenvalue weighted by Gasteiger charge is 2.11. The Hall–Kier alpha value is -2.60. The lowest BCUT2D eigenvalue weighted by Crippen LogP contribution is -2.37. The number of hydrogen-bond acceptors (Lipinski definition) is 4. The van der Waals surface area contributed by atoms with Crippen molar-refractivity contribution in [3.8, 4) is 11.5 Å². The van der Waals surface area contributed by atoms with Crippen LogP contribution in [0.15, 0.2) is 42.5 Å². The van der Waals surface area contributed by atoms with Crippen molar-refractivity contribution in [2.75, 3.05) is 11.9 Å². The Morgan fingerprint density at radius 1 is 1.27 bits per heavy atom. The summed E-state index contributed by atoms with van der Waals surface area (Å²) in [6.07, 6.45) is 0.988. The van der Waals surface area contributed by atoms with E-state index in [-0.39, 0.29) is 23.4 Å². The molecule has 0 saturated carbocycles. The van der Waals surface area contributed by atoms with Crippen LogP contribution in [0.4, 0.5) is 5.69 Å². The molecule has 0 unspecified atom stereocenters. The highest BCUT2D eigenvalue weighted by molar-refractivity contribution is 7.80. The maximum Gasteiger partial charge on any atom is 0.264 e. The van der Waals surface area contributed by atoms with Crippen LogP contribution in [0.1, 0.15) is 37.3 Å². The number of aryl methyl sites for hydroxylation is 1. The van der Waals surface area contributed by atoms with Gasteiger partial charge in [-0.25, -0.2) is 0 Å². The summed E-state index contributed by atoms with van der Waals surface area (Å²) >= 11 is 5.15. The third-order valence-electron chi connectivity index (χ3n) is 4.06. The lowest BCUT2D eigenvalue weighted by Gasteiger charge is -2.15. The van der Waals surface area contributed by atoms with Gasteiger partial charge in [0.2, 0.25) is 0 Å². The second-order valence-electron chi connectivity index (χ2n) is 6.19. The summed E-state index contributed by atoms with van der Waals surface area (Å²) in [6.45, 7) is 6.01. The molecule has 5 nitrogen and oxygen atoms in total. The molecular formula is C20H24N2O3S. The highest BCUT2D eigenvalue weighted by atomic mass is 32.1. The smallest absolute Gasteiger partial charge is 0.264 e. The number of ether oxygens (including phenoxy) is 1. The number of thiocarbonyl (C=S) groups is 1. The average molecular weight is 372 g/mol. The fourth-order valence-electron chi connectivity index (χ4n) is 2.37. The van der Waals surface area contributed by atoms with Crippen molar-refractivity contribution < 1.29 is 14.6 Å². The van der Waals surface area contributed by atoms with Gasteiger partial charge in [-0.3, -0.25) is 10.1 Å². The SMILES string of the molecule is CC[C@H](C)c1ccc(O)c(NC(=S)NC(=O)COc2cccc(C)c2)c1. The zero-order valence-corrected chi connectivity index (χ0v) is 16.0. The Morgan fingerprint density at radius 3 is 2.73 bits per heavy atom. The molecule has 0 heterocycles. The largest absolute Gasteiger partial charge is 0.506 e. The molecule has 0 aliphatic heterocycles. The Bertz CT molecular complexity index is 792. The summed E-state index contributed by atoms with van der Waals surface area (Å²) < 4.78 is 5.44. The predicted molar refractivity (Wildman–Crippen MR) is 108 cm³/mol. The maximum atomic E-state index is 12.0. The molecule has 0 fully saturated rings. The molecule has 0 aromatic heterocycles. The van der Waals surface area contributed by atoms with E-state index in [1.54, 1.807) is 12.1 Å². The molecule has 0 saturated heterocycles. The van der Waals surface area contributed by atoms with Gasteiger partial charge in [0.05, 0.1) is 5.69 Å². The van der Waals surface area contributed by atoms with Gasteiger partial charge in [0, 0.05) is 0 Å². The minimum absolute atomic E-state index is 0.0738. The van der Waals surface area contributed by atoms with Crippen molar-refractivity contribution in [1.82, 2.24) is 5.32 Å². The van der Waals surface area contributed by atoms with Crippen LogP contribution in [0.5, 0.6) is 11.5 Å². The number of anilines is 1. The van der Waals surface area contributed by atoms with Crippen molar-refractivity contribution in [1.29, 1.82) is 0 Å². The number of hydrogen-bond donors (Lipinski definition) is 3. The molecule has 0 radical (unpaired) electrons. The van der Waals surface area contributed by atoms with Crippen molar-refractivity contribution in [2.45, 2.75) is 33.1 Å². The number of phenolic OH excluding ortho intramolecular Hbond substituents is 1. The molecule has 1 amide bonds. The van der Waals surface area contributed by atoms with E-state index in [0.29, 0.717) is 17.4 Å². The predicted octanol–water partition coefficient (Wildman–Crippen LogP) is 4.11. The summed E-state index contributed by atoms with van der Waals surface area (Å²) in [5.74, 6) is 0.686. The number of nitrogens with one attached hydrogen (secondary N) is 2. The van der Waals surface area contributed by atoms with Crippen molar-refractivity contribution in [3.63, 3.8) is 0 Å². The molecule has 2 aromatic rings. The molecule has 3 N–H and O–H groups in total. The third kappa shape index (κ3) is 5.74. The zero-order valence-electron chi connectivity index (χ0n) is 15.2. The van der Waals surface area contributed by atoms with E-state index in [1.807, 2.05) is 37.3 Å². The fourth-order valence-corrected chi connectivity index (χ4v) is 2.59. The van der Waals surface area contributed by atoms with Gasteiger partial charge in [0.15, 0.2) is 11.7 Å². The van der Waals surface area contributed by atoms with E-state index in [9.17, 15) is 9.90 Å². The molecule has 6 heteroatoms. The average Bonchev–Trinajstić information content (AvgIpc) is 2.61. The molecule has 1 atom stereocenters. The summed E-state index contributed by atoms with van der Waals surface area (Å²) in [4.78, 5) is 12.0. The normalized spacial score (nSPS) is 11.5. The quantitative estimate of drug-likeness (QED) is 0.526. The van der Waals surface area contributed by atoms with Crippen molar-refractivity contribution >= 4 is 28.9 Å². The van der Waals surface area contributed by atoms with Crippen LogP contribution in [0.25, 0.3) is 0 Å². The van der Waals surface area contributed by atoms with Crippen molar-refractivity contribution in [2.24, 2.45) is 0 Å².